The van der Waals surface area contributed by atoms with Gasteiger partial charge >= 0.3 is 6.18 Å². The monoisotopic (exact) mass is 334 g/mol. The summed E-state index contributed by atoms with van der Waals surface area (Å²) in [5, 5.41) is 12.9. The quantitative estimate of drug-likeness (QED) is 0.831. The zero-order valence-corrected chi connectivity index (χ0v) is 13.3. The van der Waals surface area contributed by atoms with Gasteiger partial charge in [0.15, 0.2) is 0 Å². The van der Waals surface area contributed by atoms with E-state index >= 15 is 0 Å². The summed E-state index contributed by atoms with van der Waals surface area (Å²) in [6, 6.07) is 2.14. The first kappa shape index (κ1) is 18.2. The van der Waals surface area contributed by atoms with Crippen molar-refractivity contribution in [2.24, 2.45) is 5.41 Å². The first-order valence-corrected chi connectivity index (χ1v) is 7.58. The molecule has 1 heterocycles. The Bertz CT molecular complexity index is 539. The Morgan fingerprint density at radius 3 is 2.30 bits per heavy atom. The Kier molecular flexibility index (Phi) is 5.33. The molecule has 0 radical (unpaired) electrons. The number of benzene rings is 1. The molecule has 0 saturated carbocycles. The molecule has 23 heavy (non-hydrogen) atoms. The molecule has 0 bridgehead atoms. The molecule has 0 unspecified atom stereocenters. The lowest BCUT2D eigenvalue weighted by Gasteiger charge is -2.43. The molecule has 1 saturated heterocycles. The number of aliphatic hydroxyl groups excluding tert-OH is 1. The third-order valence-electron chi connectivity index (χ3n) is 4.23. The topological polar surface area (TPSA) is 35.5 Å². The fourth-order valence-electron chi connectivity index (χ4n) is 3.12. The molecule has 1 aliphatic heterocycles. The minimum atomic E-state index is -4.60. The van der Waals surface area contributed by atoms with Crippen LogP contribution in [-0.4, -0.2) is 42.8 Å². The van der Waals surface area contributed by atoms with E-state index in [-0.39, 0.29) is 12.2 Å². The van der Waals surface area contributed by atoms with Crippen LogP contribution >= 0.6 is 0 Å². The van der Waals surface area contributed by atoms with Gasteiger partial charge in [0.2, 0.25) is 0 Å². The summed E-state index contributed by atoms with van der Waals surface area (Å²) in [7, 11) is 0. The Hall–Kier alpha value is -1.18. The predicted molar refractivity (Wildman–Crippen MR) is 79.5 cm³/mol. The summed E-state index contributed by atoms with van der Waals surface area (Å²) < 4.78 is 52.8. The minimum absolute atomic E-state index is 0.209. The standard InChI is InChI=1S/C16H22F4N2O/c1-15(2,10-23)14(22-5-3-21-4-6-22)11-7-12(16(18,19)20)9-13(17)8-11/h7-9,14,21,23H,3-6,10H2,1-2H3/t14-/m0/s1. The zero-order valence-electron chi connectivity index (χ0n) is 13.3. The predicted octanol–water partition coefficient (Wildman–Crippen LogP) is 2.81. The molecule has 0 amide bonds. The Morgan fingerprint density at radius 2 is 1.78 bits per heavy atom. The number of alkyl halides is 3. The van der Waals surface area contributed by atoms with Crippen molar-refractivity contribution >= 4 is 0 Å². The van der Waals surface area contributed by atoms with Crippen molar-refractivity contribution in [3.63, 3.8) is 0 Å². The van der Waals surface area contributed by atoms with Crippen LogP contribution in [0.25, 0.3) is 0 Å². The van der Waals surface area contributed by atoms with Crippen LogP contribution in [0.1, 0.15) is 31.0 Å². The second kappa shape index (κ2) is 6.75. The summed E-state index contributed by atoms with van der Waals surface area (Å²) in [5.74, 6) is -0.913. The molecule has 1 aromatic carbocycles. The van der Waals surface area contributed by atoms with Gasteiger partial charge in [-0.3, -0.25) is 4.90 Å². The number of hydrogen-bond acceptors (Lipinski definition) is 3. The highest BCUT2D eigenvalue weighted by atomic mass is 19.4. The van der Waals surface area contributed by atoms with Crippen LogP contribution in [0, 0.1) is 11.2 Å². The highest BCUT2D eigenvalue weighted by Crippen LogP contribution is 2.40. The lowest BCUT2D eigenvalue weighted by molar-refractivity contribution is -0.137. The molecule has 0 aromatic heterocycles. The summed E-state index contributed by atoms with van der Waals surface area (Å²) in [5.41, 5.74) is -1.45. The molecule has 130 valence electrons. The minimum Gasteiger partial charge on any atom is -0.396 e. The number of piperazine rings is 1. The lowest BCUT2D eigenvalue weighted by atomic mass is 9.79. The number of nitrogens with zero attached hydrogens (tertiary/aromatic N) is 1. The maximum Gasteiger partial charge on any atom is 0.416 e. The van der Waals surface area contributed by atoms with Crippen molar-refractivity contribution in [1.29, 1.82) is 0 Å². The van der Waals surface area contributed by atoms with Gasteiger partial charge in [0, 0.05) is 44.2 Å². The van der Waals surface area contributed by atoms with Crippen molar-refractivity contribution in [3.8, 4) is 0 Å². The number of hydrogen-bond donors (Lipinski definition) is 2. The molecule has 0 aliphatic carbocycles. The van der Waals surface area contributed by atoms with Gasteiger partial charge in [-0.05, 0) is 23.8 Å². The van der Waals surface area contributed by atoms with Gasteiger partial charge in [0.05, 0.1) is 5.56 Å². The highest BCUT2D eigenvalue weighted by Gasteiger charge is 2.38. The molecule has 1 fully saturated rings. The van der Waals surface area contributed by atoms with Gasteiger partial charge in [0.25, 0.3) is 0 Å². The van der Waals surface area contributed by atoms with Gasteiger partial charge in [0.1, 0.15) is 5.82 Å². The van der Waals surface area contributed by atoms with Crippen molar-refractivity contribution in [2.75, 3.05) is 32.8 Å². The van der Waals surface area contributed by atoms with Crippen LogP contribution in [0.15, 0.2) is 18.2 Å². The summed E-state index contributed by atoms with van der Waals surface area (Å²) in [6.45, 7) is 6.02. The Labute approximate surface area is 133 Å². The van der Waals surface area contributed by atoms with Crippen molar-refractivity contribution in [1.82, 2.24) is 10.2 Å². The normalized spacial score (nSPS) is 18.9. The molecule has 0 spiro atoms. The average molecular weight is 334 g/mol. The molecule has 3 nitrogen and oxygen atoms in total. The first-order chi connectivity index (χ1) is 10.6. The Morgan fingerprint density at radius 1 is 1.17 bits per heavy atom. The molecule has 1 atom stereocenters. The third-order valence-corrected chi connectivity index (χ3v) is 4.23. The van der Waals surface area contributed by atoms with Gasteiger partial charge in [-0.25, -0.2) is 4.39 Å². The van der Waals surface area contributed by atoms with E-state index in [0.29, 0.717) is 32.2 Å². The first-order valence-electron chi connectivity index (χ1n) is 7.58. The summed E-state index contributed by atoms with van der Waals surface area (Å²) in [4.78, 5) is 2.00. The number of rotatable bonds is 4. The molecular weight excluding hydrogens is 312 g/mol. The molecule has 7 heteroatoms. The van der Waals surface area contributed by atoms with E-state index in [4.69, 9.17) is 0 Å². The van der Waals surface area contributed by atoms with Crippen molar-refractivity contribution in [3.05, 3.63) is 35.1 Å². The molecule has 2 rings (SSSR count). The largest absolute Gasteiger partial charge is 0.416 e. The zero-order chi connectivity index (χ0) is 17.3. The van der Waals surface area contributed by atoms with E-state index in [1.807, 2.05) is 4.90 Å². The third kappa shape index (κ3) is 4.22. The fraction of sp³-hybridized carbons (Fsp3) is 0.625. The maximum absolute atomic E-state index is 13.8. The Balaban J connectivity index is 2.48. The van der Waals surface area contributed by atoms with Gasteiger partial charge in [-0.1, -0.05) is 13.8 Å². The maximum atomic E-state index is 13.8. The molecular formula is C16H22F4N2O. The van der Waals surface area contributed by atoms with Crippen LogP contribution < -0.4 is 5.32 Å². The van der Waals surface area contributed by atoms with Crippen LogP contribution in [0.3, 0.4) is 0 Å². The van der Waals surface area contributed by atoms with E-state index in [0.717, 1.165) is 12.1 Å². The van der Waals surface area contributed by atoms with Crippen LogP contribution in [0.5, 0.6) is 0 Å². The van der Waals surface area contributed by atoms with E-state index in [9.17, 15) is 22.7 Å². The van der Waals surface area contributed by atoms with E-state index in [1.54, 1.807) is 13.8 Å². The molecule has 1 aliphatic rings. The van der Waals surface area contributed by atoms with Crippen LogP contribution in [-0.2, 0) is 6.18 Å². The van der Waals surface area contributed by atoms with E-state index in [1.165, 1.54) is 0 Å². The molecule has 2 N–H and O–H groups in total. The van der Waals surface area contributed by atoms with Crippen molar-refractivity contribution < 1.29 is 22.7 Å². The summed E-state index contributed by atoms with van der Waals surface area (Å²) in [6.07, 6.45) is -4.60. The molecule has 1 aromatic rings. The van der Waals surface area contributed by atoms with Gasteiger partial charge in [-0.15, -0.1) is 0 Å². The van der Waals surface area contributed by atoms with Crippen LogP contribution in [0.4, 0.5) is 17.6 Å². The second-order valence-electron chi connectivity index (χ2n) is 6.61. The average Bonchev–Trinajstić information content (AvgIpc) is 2.47. The lowest BCUT2D eigenvalue weighted by Crippen LogP contribution is -2.49. The van der Waals surface area contributed by atoms with Gasteiger partial charge < -0.3 is 10.4 Å². The smallest absolute Gasteiger partial charge is 0.396 e. The van der Waals surface area contributed by atoms with Gasteiger partial charge in [-0.2, -0.15) is 13.2 Å². The number of nitrogens with one attached hydrogen (secondary N) is 1. The fourth-order valence-corrected chi connectivity index (χ4v) is 3.12. The van der Waals surface area contributed by atoms with Crippen LogP contribution in [0.2, 0.25) is 0 Å². The summed E-state index contributed by atoms with van der Waals surface area (Å²) >= 11 is 0. The number of aliphatic hydroxyl groups is 1. The van der Waals surface area contributed by atoms with Crippen molar-refractivity contribution in [2.45, 2.75) is 26.1 Å². The SMILES string of the molecule is CC(C)(CO)[C@H](c1cc(F)cc(C(F)(F)F)c1)N1CCNCC1. The second-order valence-corrected chi connectivity index (χ2v) is 6.61. The highest BCUT2D eigenvalue weighted by molar-refractivity contribution is 5.30. The van der Waals surface area contributed by atoms with E-state index in [2.05, 4.69) is 5.32 Å². The van der Waals surface area contributed by atoms with E-state index < -0.39 is 29.0 Å². The number of halogens is 4.